The van der Waals surface area contributed by atoms with Gasteiger partial charge >= 0.3 is 0 Å². The van der Waals surface area contributed by atoms with Crippen molar-refractivity contribution >= 4 is 29.0 Å². The third kappa shape index (κ3) is 2.31. The second-order valence-electron chi connectivity index (χ2n) is 3.52. The van der Waals surface area contributed by atoms with E-state index < -0.39 is 0 Å². The summed E-state index contributed by atoms with van der Waals surface area (Å²) in [6.45, 7) is 0.560. The van der Waals surface area contributed by atoms with Crippen LogP contribution in [0.3, 0.4) is 0 Å². The van der Waals surface area contributed by atoms with Crippen LogP contribution in [0, 0.1) is 0 Å². The second kappa shape index (κ2) is 5.01. The number of rotatable bonds is 4. The van der Waals surface area contributed by atoms with Crippen molar-refractivity contribution in [1.29, 1.82) is 0 Å². The van der Waals surface area contributed by atoms with Crippen molar-refractivity contribution in [3.63, 3.8) is 0 Å². The van der Waals surface area contributed by atoms with Crippen molar-refractivity contribution in [1.82, 2.24) is 4.98 Å². The number of carbonyl (C=O) groups excluding carboxylic acids is 1. The van der Waals surface area contributed by atoms with E-state index in [1.54, 1.807) is 24.4 Å². The van der Waals surface area contributed by atoms with E-state index in [1.807, 2.05) is 0 Å². The van der Waals surface area contributed by atoms with Crippen molar-refractivity contribution in [2.24, 2.45) is 0 Å². The van der Waals surface area contributed by atoms with E-state index in [4.69, 9.17) is 11.6 Å². The number of fused-ring (bicyclic) bond motifs is 1. The zero-order chi connectivity index (χ0) is 12.3. The SMILES string of the molecule is O=COCCc1c[nH]c2c(Cl)cccc2c1=O. The Balaban J connectivity index is 2.44. The van der Waals surface area contributed by atoms with Gasteiger partial charge in [-0.25, -0.2) is 0 Å². The van der Waals surface area contributed by atoms with Gasteiger partial charge in [0.1, 0.15) is 0 Å². The first-order valence-electron chi connectivity index (χ1n) is 5.08. The number of pyridine rings is 1. The molecule has 0 saturated carbocycles. The lowest BCUT2D eigenvalue weighted by atomic mass is 10.1. The quantitative estimate of drug-likeness (QED) is 0.667. The smallest absolute Gasteiger partial charge is 0.293 e. The Labute approximate surface area is 102 Å². The molecule has 0 aliphatic rings. The van der Waals surface area contributed by atoms with Gasteiger partial charge in [0.25, 0.3) is 6.47 Å². The van der Waals surface area contributed by atoms with Crippen LogP contribution in [0.25, 0.3) is 10.9 Å². The molecule has 0 aliphatic heterocycles. The molecule has 0 spiro atoms. The van der Waals surface area contributed by atoms with Crippen LogP contribution in [-0.4, -0.2) is 18.1 Å². The molecule has 0 atom stereocenters. The van der Waals surface area contributed by atoms with Gasteiger partial charge in [0.2, 0.25) is 0 Å². The van der Waals surface area contributed by atoms with Gasteiger partial charge in [0.15, 0.2) is 5.43 Å². The average molecular weight is 252 g/mol. The van der Waals surface area contributed by atoms with Gasteiger partial charge in [0, 0.05) is 23.6 Å². The molecule has 0 unspecified atom stereocenters. The highest BCUT2D eigenvalue weighted by molar-refractivity contribution is 6.34. The number of ether oxygens (including phenoxy) is 1. The Morgan fingerprint density at radius 2 is 2.24 bits per heavy atom. The summed E-state index contributed by atoms with van der Waals surface area (Å²) in [4.78, 5) is 25.0. The Kier molecular flexibility index (Phi) is 3.44. The Morgan fingerprint density at radius 1 is 1.41 bits per heavy atom. The van der Waals surface area contributed by atoms with Crippen LogP contribution in [0.2, 0.25) is 5.02 Å². The molecule has 1 heterocycles. The van der Waals surface area contributed by atoms with E-state index in [-0.39, 0.29) is 12.0 Å². The lowest BCUT2D eigenvalue weighted by molar-refractivity contribution is -0.128. The molecular formula is C12H10ClNO3. The summed E-state index contributed by atoms with van der Waals surface area (Å²) in [5.41, 5.74) is 1.11. The van der Waals surface area contributed by atoms with Gasteiger partial charge in [-0.3, -0.25) is 9.59 Å². The highest BCUT2D eigenvalue weighted by atomic mass is 35.5. The molecule has 0 bridgehead atoms. The number of nitrogens with one attached hydrogen (secondary N) is 1. The molecule has 2 aromatic rings. The zero-order valence-electron chi connectivity index (χ0n) is 8.90. The highest BCUT2D eigenvalue weighted by Crippen LogP contribution is 2.18. The number of para-hydroxylation sites is 1. The number of halogens is 1. The Morgan fingerprint density at radius 3 is 3.00 bits per heavy atom. The summed E-state index contributed by atoms with van der Waals surface area (Å²) in [6.07, 6.45) is 1.99. The normalized spacial score (nSPS) is 10.4. The monoisotopic (exact) mass is 251 g/mol. The lowest BCUT2D eigenvalue weighted by Gasteiger charge is -2.04. The molecule has 0 saturated heterocycles. The lowest BCUT2D eigenvalue weighted by Crippen LogP contribution is -2.12. The molecule has 1 aromatic heterocycles. The molecule has 1 N–H and O–H groups in total. The predicted octanol–water partition coefficient (Wildman–Crippen LogP) is 1.90. The van der Waals surface area contributed by atoms with E-state index in [0.29, 0.717) is 34.4 Å². The predicted molar refractivity (Wildman–Crippen MR) is 65.3 cm³/mol. The average Bonchev–Trinajstić information content (AvgIpc) is 2.33. The fraction of sp³-hybridized carbons (Fsp3) is 0.167. The van der Waals surface area contributed by atoms with Crippen molar-refractivity contribution in [3.05, 3.63) is 45.2 Å². The maximum absolute atomic E-state index is 12.1. The maximum Gasteiger partial charge on any atom is 0.293 e. The van der Waals surface area contributed by atoms with Crippen LogP contribution in [0.1, 0.15) is 5.56 Å². The summed E-state index contributed by atoms with van der Waals surface area (Å²) in [7, 11) is 0. The summed E-state index contributed by atoms with van der Waals surface area (Å²) in [5, 5.41) is 1.05. The summed E-state index contributed by atoms with van der Waals surface area (Å²) >= 11 is 5.97. The third-order valence-electron chi connectivity index (χ3n) is 2.50. The minimum atomic E-state index is -0.0873. The third-order valence-corrected chi connectivity index (χ3v) is 2.81. The number of aromatic nitrogens is 1. The number of benzene rings is 1. The van der Waals surface area contributed by atoms with E-state index in [1.165, 1.54) is 0 Å². The largest absolute Gasteiger partial charge is 0.468 e. The number of hydrogen-bond acceptors (Lipinski definition) is 3. The minimum absolute atomic E-state index is 0.0873. The topological polar surface area (TPSA) is 59.2 Å². The van der Waals surface area contributed by atoms with Crippen LogP contribution >= 0.6 is 11.6 Å². The standard InChI is InChI=1S/C12H10ClNO3/c13-10-3-1-2-9-11(10)14-6-8(12(9)16)4-5-17-7-15/h1-3,6-7H,4-5H2,(H,14,16). The van der Waals surface area contributed by atoms with Gasteiger partial charge < -0.3 is 9.72 Å². The molecule has 1 aromatic carbocycles. The first kappa shape index (κ1) is 11.7. The van der Waals surface area contributed by atoms with Crippen LogP contribution in [0.4, 0.5) is 0 Å². The van der Waals surface area contributed by atoms with E-state index >= 15 is 0 Å². The number of H-pyrrole nitrogens is 1. The van der Waals surface area contributed by atoms with Gasteiger partial charge in [-0.15, -0.1) is 0 Å². The molecule has 0 radical (unpaired) electrons. The molecule has 5 heteroatoms. The molecule has 88 valence electrons. The van der Waals surface area contributed by atoms with Gasteiger partial charge in [-0.1, -0.05) is 17.7 Å². The fourth-order valence-electron chi connectivity index (χ4n) is 1.66. The van der Waals surface area contributed by atoms with Gasteiger partial charge in [0.05, 0.1) is 17.1 Å². The van der Waals surface area contributed by atoms with E-state index in [9.17, 15) is 9.59 Å². The van der Waals surface area contributed by atoms with Crippen LogP contribution in [0.15, 0.2) is 29.2 Å². The van der Waals surface area contributed by atoms with Crippen LogP contribution in [0.5, 0.6) is 0 Å². The number of carbonyl (C=O) groups is 1. The first-order valence-corrected chi connectivity index (χ1v) is 5.46. The first-order chi connectivity index (χ1) is 8.24. The zero-order valence-corrected chi connectivity index (χ0v) is 9.66. The molecule has 0 amide bonds. The number of aromatic amines is 1. The Hall–Kier alpha value is -1.81. The summed E-state index contributed by atoms with van der Waals surface area (Å²) < 4.78 is 4.57. The number of hydrogen-bond donors (Lipinski definition) is 1. The maximum atomic E-state index is 12.1. The fourth-order valence-corrected chi connectivity index (χ4v) is 1.89. The molecule has 2 rings (SSSR count). The summed E-state index contributed by atoms with van der Waals surface area (Å²) in [6, 6.07) is 5.16. The molecule has 0 fully saturated rings. The van der Waals surface area contributed by atoms with Crippen molar-refractivity contribution < 1.29 is 9.53 Å². The second-order valence-corrected chi connectivity index (χ2v) is 3.93. The van der Waals surface area contributed by atoms with Crippen molar-refractivity contribution in [3.8, 4) is 0 Å². The molecule has 17 heavy (non-hydrogen) atoms. The molecule has 4 nitrogen and oxygen atoms in total. The minimum Gasteiger partial charge on any atom is -0.468 e. The molecular weight excluding hydrogens is 242 g/mol. The van der Waals surface area contributed by atoms with E-state index in [2.05, 4.69) is 9.72 Å². The van der Waals surface area contributed by atoms with Crippen molar-refractivity contribution in [2.75, 3.05) is 6.61 Å². The summed E-state index contributed by atoms with van der Waals surface area (Å²) in [5.74, 6) is 0. The molecule has 0 aliphatic carbocycles. The van der Waals surface area contributed by atoms with Gasteiger partial charge in [-0.2, -0.15) is 0 Å². The van der Waals surface area contributed by atoms with E-state index in [0.717, 1.165) is 0 Å². The highest BCUT2D eigenvalue weighted by Gasteiger charge is 2.06. The Bertz CT molecular complexity index is 606. The van der Waals surface area contributed by atoms with Crippen LogP contribution in [-0.2, 0) is 16.0 Å². The van der Waals surface area contributed by atoms with Crippen LogP contribution < -0.4 is 5.43 Å². The van der Waals surface area contributed by atoms with Crippen molar-refractivity contribution in [2.45, 2.75) is 6.42 Å². The van der Waals surface area contributed by atoms with Gasteiger partial charge in [-0.05, 0) is 12.1 Å².